The van der Waals surface area contributed by atoms with Gasteiger partial charge in [-0.05, 0) is 30.4 Å². The van der Waals surface area contributed by atoms with Crippen molar-refractivity contribution >= 4 is 40.2 Å². The quantitative estimate of drug-likeness (QED) is 0.925. The van der Waals surface area contributed by atoms with Crippen molar-refractivity contribution < 1.29 is 0 Å². The molecule has 0 spiro atoms. The first-order valence-corrected chi connectivity index (χ1v) is 7.44. The Morgan fingerprint density at radius 1 is 1.56 bits per heavy atom. The zero-order chi connectivity index (χ0) is 11.8. The van der Waals surface area contributed by atoms with Crippen LogP contribution in [0.25, 0.3) is 0 Å². The van der Waals surface area contributed by atoms with E-state index in [0.717, 1.165) is 13.1 Å². The molecule has 2 aromatic rings. The van der Waals surface area contributed by atoms with Gasteiger partial charge in [0.25, 0.3) is 0 Å². The lowest BCUT2D eigenvalue weighted by molar-refractivity contribution is 0.193. The van der Waals surface area contributed by atoms with Crippen molar-refractivity contribution in [3.63, 3.8) is 0 Å². The number of aromatic nitrogens is 1. The summed E-state index contributed by atoms with van der Waals surface area (Å²) in [6.45, 7) is 4.38. The maximum absolute atomic E-state index is 5.67. The molecule has 3 nitrogen and oxygen atoms in total. The minimum atomic E-state index is 0. The van der Waals surface area contributed by atoms with E-state index in [4.69, 9.17) is 5.73 Å². The molecule has 0 amide bonds. The molecule has 2 aromatic heterocycles. The minimum absolute atomic E-state index is 0. The number of anilines is 1. The molecule has 98 valence electrons. The lowest BCUT2D eigenvalue weighted by Crippen LogP contribution is -2.32. The minimum Gasteiger partial charge on any atom is -0.375 e. The highest BCUT2D eigenvalue weighted by Gasteiger charge is 2.24. The van der Waals surface area contributed by atoms with Crippen LogP contribution >= 0.6 is 35.1 Å². The second-order valence-corrected chi connectivity index (χ2v) is 6.51. The van der Waals surface area contributed by atoms with Gasteiger partial charge in [-0.3, -0.25) is 4.90 Å². The Morgan fingerprint density at radius 3 is 3.11 bits per heavy atom. The number of thiazole rings is 1. The molecule has 0 saturated heterocycles. The van der Waals surface area contributed by atoms with Gasteiger partial charge >= 0.3 is 0 Å². The molecule has 0 aliphatic carbocycles. The molecule has 0 fully saturated rings. The average molecular weight is 302 g/mol. The molecule has 18 heavy (non-hydrogen) atoms. The number of hydrogen-bond donors (Lipinski definition) is 1. The maximum atomic E-state index is 5.67. The third-order valence-corrected chi connectivity index (χ3v) is 5.14. The van der Waals surface area contributed by atoms with Crippen LogP contribution in [0.1, 0.15) is 28.3 Å². The fourth-order valence-electron chi connectivity index (χ4n) is 2.37. The average Bonchev–Trinajstić information content (AvgIpc) is 2.92. The standard InChI is InChI=1S/C12H15N3S2.ClH/c1-8-10-3-5-16-11(10)2-4-15(8)7-9-6-14-12(13)17-9;/h3,5-6,8H,2,4,7H2,1H3,(H2,13,14);1H. The first kappa shape index (κ1) is 13.8. The molecule has 0 bridgehead atoms. The van der Waals surface area contributed by atoms with Crippen LogP contribution < -0.4 is 5.73 Å². The predicted molar refractivity (Wildman–Crippen MR) is 80.6 cm³/mol. The lowest BCUT2D eigenvalue weighted by atomic mass is 10.0. The zero-order valence-electron chi connectivity index (χ0n) is 10.1. The highest BCUT2D eigenvalue weighted by molar-refractivity contribution is 7.15. The lowest BCUT2D eigenvalue weighted by Gasteiger charge is -2.33. The summed E-state index contributed by atoms with van der Waals surface area (Å²) in [5.74, 6) is 0. The van der Waals surface area contributed by atoms with Crippen LogP contribution in [-0.4, -0.2) is 16.4 Å². The molecule has 1 atom stereocenters. The van der Waals surface area contributed by atoms with Crippen molar-refractivity contribution in [2.24, 2.45) is 0 Å². The highest BCUT2D eigenvalue weighted by atomic mass is 35.5. The van der Waals surface area contributed by atoms with E-state index in [0.29, 0.717) is 11.2 Å². The van der Waals surface area contributed by atoms with Crippen molar-refractivity contribution in [1.82, 2.24) is 9.88 Å². The highest BCUT2D eigenvalue weighted by Crippen LogP contribution is 2.34. The Balaban J connectivity index is 0.00000120. The molecule has 1 unspecified atom stereocenters. The summed E-state index contributed by atoms with van der Waals surface area (Å²) < 4.78 is 0. The van der Waals surface area contributed by atoms with E-state index in [2.05, 4.69) is 28.3 Å². The third-order valence-electron chi connectivity index (χ3n) is 3.33. The van der Waals surface area contributed by atoms with Crippen LogP contribution in [-0.2, 0) is 13.0 Å². The molecule has 0 saturated carbocycles. The smallest absolute Gasteiger partial charge is 0.180 e. The van der Waals surface area contributed by atoms with E-state index in [-0.39, 0.29) is 12.4 Å². The molecule has 0 radical (unpaired) electrons. The molecular formula is C12H16ClN3S2. The second kappa shape index (κ2) is 5.57. The maximum Gasteiger partial charge on any atom is 0.180 e. The molecule has 1 aliphatic rings. The van der Waals surface area contributed by atoms with Gasteiger partial charge in [0.2, 0.25) is 0 Å². The number of nitrogens with two attached hydrogens (primary N) is 1. The van der Waals surface area contributed by atoms with Crippen LogP contribution in [0.5, 0.6) is 0 Å². The Kier molecular flexibility index (Phi) is 4.27. The third kappa shape index (κ3) is 2.54. The Bertz CT molecular complexity index is 523. The van der Waals surface area contributed by atoms with Crippen LogP contribution in [0.15, 0.2) is 17.6 Å². The van der Waals surface area contributed by atoms with Gasteiger partial charge in [-0.25, -0.2) is 4.98 Å². The summed E-state index contributed by atoms with van der Waals surface area (Å²) in [5, 5.41) is 2.87. The topological polar surface area (TPSA) is 42.2 Å². The Morgan fingerprint density at radius 2 is 2.39 bits per heavy atom. The van der Waals surface area contributed by atoms with Gasteiger partial charge in [0.1, 0.15) is 0 Å². The molecule has 0 aromatic carbocycles. The summed E-state index contributed by atoms with van der Waals surface area (Å²) in [7, 11) is 0. The second-order valence-electron chi connectivity index (χ2n) is 4.36. The summed E-state index contributed by atoms with van der Waals surface area (Å²) >= 11 is 3.48. The predicted octanol–water partition coefficient (Wildman–Crippen LogP) is 3.33. The molecule has 1 aliphatic heterocycles. The number of rotatable bonds is 2. The fraction of sp³-hybridized carbons (Fsp3) is 0.417. The van der Waals surface area contributed by atoms with Crippen molar-refractivity contribution in [1.29, 1.82) is 0 Å². The largest absolute Gasteiger partial charge is 0.375 e. The monoisotopic (exact) mass is 301 g/mol. The SMILES string of the molecule is CC1c2ccsc2CCN1Cc1cnc(N)s1.Cl. The summed E-state index contributed by atoms with van der Waals surface area (Å²) in [6, 6.07) is 2.77. The Labute approximate surface area is 121 Å². The number of hydrogen-bond acceptors (Lipinski definition) is 5. The first-order valence-electron chi connectivity index (χ1n) is 5.74. The molecule has 3 heterocycles. The van der Waals surface area contributed by atoms with E-state index >= 15 is 0 Å². The van der Waals surface area contributed by atoms with E-state index in [1.165, 1.54) is 16.9 Å². The number of nitrogen functional groups attached to an aromatic ring is 1. The van der Waals surface area contributed by atoms with Crippen molar-refractivity contribution in [2.45, 2.75) is 25.9 Å². The summed E-state index contributed by atoms with van der Waals surface area (Å²) in [4.78, 5) is 9.43. The van der Waals surface area contributed by atoms with Crippen LogP contribution in [0, 0.1) is 0 Å². The van der Waals surface area contributed by atoms with Gasteiger partial charge in [-0.1, -0.05) is 0 Å². The molecule has 2 N–H and O–H groups in total. The number of thiophene rings is 1. The van der Waals surface area contributed by atoms with Crippen molar-refractivity contribution in [2.75, 3.05) is 12.3 Å². The van der Waals surface area contributed by atoms with Gasteiger partial charge in [0.15, 0.2) is 5.13 Å². The van der Waals surface area contributed by atoms with Gasteiger partial charge < -0.3 is 5.73 Å². The summed E-state index contributed by atoms with van der Waals surface area (Å²) in [5.41, 5.74) is 7.17. The van der Waals surface area contributed by atoms with Crippen molar-refractivity contribution in [3.05, 3.63) is 33.0 Å². The number of fused-ring (bicyclic) bond motifs is 1. The number of halogens is 1. The Hall–Kier alpha value is -0.620. The van der Waals surface area contributed by atoms with Crippen molar-refractivity contribution in [3.8, 4) is 0 Å². The fourth-order valence-corrected chi connectivity index (χ4v) is 4.05. The van der Waals surface area contributed by atoms with Gasteiger partial charge in [-0.2, -0.15) is 0 Å². The van der Waals surface area contributed by atoms with Crippen LogP contribution in [0.4, 0.5) is 5.13 Å². The summed E-state index contributed by atoms with van der Waals surface area (Å²) in [6.07, 6.45) is 3.07. The van der Waals surface area contributed by atoms with E-state index in [1.807, 2.05) is 17.5 Å². The molecular weight excluding hydrogens is 286 g/mol. The number of nitrogens with zero attached hydrogens (tertiary/aromatic N) is 2. The van der Waals surface area contributed by atoms with E-state index in [9.17, 15) is 0 Å². The van der Waals surface area contributed by atoms with Gasteiger partial charge in [0, 0.05) is 35.1 Å². The van der Waals surface area contributed by atoms with E-state index < -0.39 is 0 Å². The van der Waals surface area contributed by atoms with Gasteiger partial charge in [-0.15, -0.1) is 35.1 Å². The van der Waals surface area contributed by atoms with E-state index in [1.54, 1.807) is 16.2 Å². The van der Waals surface area contributed by atoms with Crippen LogP contribution in [0.2, 0.25) is 0 Å². The van der Waals surface area contributed by atoms with Crippen LogP contribution in [0.3, 0.4) is 0 Å². The molecule has 6 heteroatoms. The first-order chi connectivity index (χ1) is 8.24. The normalized spacial score (nSPS) is 19.3. The zero-order valence-corrected chi connectivity index (χ0v) is 12.6. The molecule has 3 rings (SSSR count). The van der Waals surface area contributed by atoms with Gasteiger partial charge in [0.05, 0.1) is 0 Å².